The molecule has 1 saturated heterocycles. The predicted octanol–water partition coefficient (Wildman–Crippen LogP) is 1.88. The number of halogens is 1. The number of ether oxygens (including phenoxy) is 3. The number of carbonyl (C=O) groups is 1. The van der Waals surface area contributed by atoms with Crippen LogP contribution in [0.15, 0.2) is 29.6 Å². The van der Waals surface area contributed by atoms with Crippen LogP contribution in [0.4, 0.5) is 0 Å². The van der Waals surface area contributed by atoms with E-state index in [0.29, 0.717) is 30.0 Å². The second kappa shape index (κ2) is 8.25. The minimum atomic E-state index is -0.396. The van der Waals surface area contributed by atoms with E-state index in [4.69, 9.17) is 14.2 Å². The maximum Gasteiger partial charge on any atom is 0.323 e. The van der Waals surface area contributed by atoms with Crippen molar-refractivity contribution in [1.29, 1.82) is 0 Å². The van der Waals surface area contributed by atoms with Crippen molar-refractivity contribution in [1.82, 2.24) is 10.3 Å². The molecule has 3 rings (SSSR count). The lowest BCUT2D eigenvalue weighted by molar-refractivity contribution is -0.142. The summed E-state index contributed by atoms with van der Waals surface area (Å²) >= 11 is 0. The van der Waals surface area contributed by atoms with Crippen LogP contribution in [-0.2, 0) is 9.53 Å². The number of nitrogens with one attached hydrogen (secondary N) is 2. The zero-order chi connectivity index (χ0) is 18.0. The smallest absolute Gasteiger partial charge is 0.323 e. The van der Waals surface area contributed by atoms with Gasteiger partial charge in [-0.2, -0.15) is 0 Å². The first-order chi connectivity index (χ1) is 12.0. The highest BCUT2D eigenvalue weighted by atomic mass is 35.5. The minimum Gasteiger partial charge on any atom is -0.496 e. The minimum absolute atomic E-state index is 0. The second-order valence-corrected chi connectivity index (χ2v) is 5.80. The predicted molar refractivity (Wildman–Crippen MR) is 101 cm³/mol. The van der Waals surface area contributed by atoms with Gasteiger partial charge in [-0.1, -0.05) is 12.7 Å². The van der Waals surface area contributed by atoms with Gasteiger partial charge < -0.3 is 24.5 Å². The van der Waals surface area contributed by atoms with Crippen LogP contribution < -0.4 is 20.3 Å². The van der Waals surface area contributed by atoms with E-state index in [0.717, 1.165) is 10.9 Å². The number of aromatic amines is 1. The first-order valence-corrected chi connectivity index (χ1v) is 7.91. The van der Waals surface area contributed by atoms with Gasteiger partial charge >= 0.3 is 5.97 Å². The lowest BCUT2D eigenvalue weighted by Gasteiger charge is -2.16. The molecule has 1 fully saturated rings. The number of pyridine rings is 1. The van der Waals surface area contributed by atoms with Crippen LogP contribution in [0.5, 0.6) is 11.5 Å². The third-order valence-corrected chi connectivity index (χ3v) is 4.25. The molecular formula is C18H21ClN2O5. The number of benzene rings is 1. The van der Waals surface area contributed by atoms with Crippen molar-refractivity contribution in [3.8, 4) is 11.5 Å². The van der Waals surface area contributed by atoms with E-state index in [-0.39, 0.29) is 30.0 Å². The number of esters is 1. The lowest BCUT2D eigenvalue weighted by Crippen LogP contribution is -2.31. The Hall–Kier alpha value is -2.51. The zero-order valence-electron chi connectivity index (χ0n) is 14.5. The van der Waals surface area contributed by atoms with Gasteiger partial charge in [0.1, 0.15) is 23.6 Å². The maximum atomic E-state index is 12.0. The maximum absolute atomic E-state index is 12.0. The molecule has 2 aromatic rings. The number of H-pyrrole nitrogens is 1. The van der Waals surface area contributed by atoms with E-state index in [1.54, 1.807) is 19.3 Å². The summed E-state index contributed by atoms with van der Waals surface area (Å²) < 4.78 is 16.1. The molecule has 26 heavy (non-hydrogen) atoms. The van der Waals surface area contributed by atoms with Crippen molar-refractivity contribution in [2.45, 2.75) is 18.6 Å². The summed E-state index contributed by atoms with van der Waals surface area (Å²) in [5, 5.41) is 3.81. The first kappa shape index (κ1) is 19.8. The van der Waals surface area contributed by atoms with E-state index in [2.05, 4.69) is 16.9 Å². The Balaban J connectivity index is 0.00000243. The molecule has 0 aliphatic carbocycles. The monoisotopic (exact) mass is 380 g/mol. The van der Waals surface area contributed by atoms with Crippen LogP contribution in [-0.4, -0.2) is 43.9 Å². The molecule has 8 heteroatoms. The van der Waals surface area contributed by atoms with Crippen molar-refractivity contribution in [3.05, 3.63) is 40.7 Å². The summed E-state index contributed by atoms with van der Waals surface area (Å²) in [5.74, 6) is 0.756. The molecule has 0 radical (unpaired) electrons. The van der Waals surface area contributed by atoms with Crippen molar-refractivity contribution < 1.29 is 19.0 Å². The summed E-state index contributed by atoms with van der Waals surface area (Å²) in [4.78, 5) is 26.4. The lowest BCUT2D eigenvalue weighted by atomic mass is 10.1. The highest BCUT2D eigenvalue weighted by Crippen LogP contribution is 2.31. The Morgan fingerprint density at radius 3 is 2.69 bits per heavy atom. The Morgan fingerprint density at radius 2 is 2.04 bits per heavy atom. The van der Waals surface area contributed by atoms with Crippen LogP contribution in [0.1, 0.15) is 12.0 Å². The van der Waals surface area contributed by atoms with Crippen molar-refractivity contribution in [2.75, 3.05) is 20.8 Å². The van der Waals surface area contributed by atoms with Gasteiger partial charge in [0.25, 0.3) is 5.56 Å². The van der Waals surface area contributed by atoms with E-state index in [9.17, 15) is 9.59 Å². The average molecular weight is 381 g/mol. The van der Waals surface area contributed by atoms with E-state index < -0.39 is 6.04 Å². The molecule has 1 aromatic carbocycles. The van der Waals surface area contributed by atoms with E-state index in [1.807, 2.05) is 6.07 Å². The SMILES string of the molecule is C=Cc1cc2c(O[C@H]3CN[C@H](C(=O)OC)C3)cc(=O)[nH]c2cc1OC.Cl. The highest BCUT2D eigenvalue weighted by molar-refractivity contribution is 5.89. The standard InChI is InChI=1S/C18H20N2O5.ClH/c1-4-10-5-12-13(7-15(10)23-2)20-17(21)8-16(12)25-11-6-14(19-9-11)18(22)24-3;/h4-5,7-8,11,14,19H,1,6,9H2,2-3H3,(H,20,21);1H/t11-,14+;/m1./s1. The fraction of sp³-hybridized carbons (Fsp3) is 0.333. The van der Waals surface area contributed by atoms with Gasteiger partial charge in [0.15, 0.2) is 0 Å². The summed E-state index contributed by atoms with van der Waals surface area (Å²) in [6.07, 6.45) is 1.92. The molecule has 7 nitrogen and oxygen atoms in total. The second-order valence-electron chi connectivity index (χ2n) is 5.80. The number of hydrogen-bond donors (Lipinski definition) is 2. The van der Waals surface area contributed by atoms with Gasteiger partial charge in [-0.05, 0) is 6.07 Å². The largest absolute Gasteiger partial charge is 0.496 e. The van der Waals surface area contributed by atoms with Crippen LogP contribution in [0, 0.1) is 0 Å². The van der Waals surface area contributed by atoms with Gasteiger partial charge in [-0.25, -0.2) is 0 Å². The Morgan fingerprint density at radius 1 is 1.27 bits per heavy atom. The van der Waals surface area contributed by atoms with Crippen molar-refractivity contribution in [3.63, 3.8) is 0 Å². The molecule has 0 amide bonds. The van der Waals surface area contributed by atoms with Crippen LogP contribution in [0.2, 0.25) is 0 Å². The molecule has 0 unspecified atom stereocenters. The topological polar surface area (TPSA) is 89.6 Å². The van der Waals surface area contributed by atoms with Crippen LogP contribution in [0.3, 0.4) is 0 Å². The summed E-state index contributed by atoms with van der Waals surface area (Å²) in [6.45, 7) is 4.28. The Bertz CT molecular complexity index is 880. The van der Waals surface area contributed by atoms with Gasteiger partial charge in [0, 0.05) is 36.0 Å². The van der Waals surface area contributed by atoms with Crippen LogP contribution in [0.25, 0.3) is 17.0 Å². The molecule has 1 aliphatic rings. The van der Waals surface area contributed by atoms with Crippen LogP contribution >= 0.6 is 12.4 Å². The molecular weight excluding hydrogens is 360 g/mol. The normalized spacial score (nSPS) is 18.8. The van der Waals surface area contributed by atoms with Crippen molar-refractivity contribution in [2.24, 2.45) is 0 Å². The van der Waals surface area contributed by atoms with Crippen molar-refractivity contribution >= 4 is 35.4 Å². The fourth-order valence-electron chi connectivity index (χ4n) is 3.00. The number of carbonyl (C=O) groups excluding carboxylic acids is 1. The van der Waals surface area contributed by atoms with E-state index in [1.165, 1.54) is 13.2 Å². The molecule has 1 aliphatic heterocycles. The molecule has 2 N–H and O–H groups in total. The Kier molecular flexibility index (Phi) is 6.28. The van der Waals surface area contributed by atoms with Gasteiger partial charge in [-0.15, -0.1) is 12.4 Å². The number of rotatable bonds is 5. The quantitative estimate of drug-likeness (QED) is 0.770. The zero-order valence-corrected chi connectivity index (χ0v) is 15.4. The summed E-state index contributed by atoms with van der Waals surface area (Å²) in [6, 6.07) is 4.61. The summed E-state index contributed by atoms with van der Waals surface area (Å²) in [7, 11) is 2.91. The molecule has 1 aromatic heterocycles. The fourth-order valence-corrected chi connectivity index (χ4v) is 3.00. The van der Waals surface area contributed by atoms with Gasteiger partial charge in [0.2, 0.25) is 0 Å². The molecule has 0 bridgehead atoms. The third-order valence-electron chi connectivity index (χ3n) is 4.25. The first-order valence-electron chi connectivity index (χ1n) is 7.91. The number of fused-ring (bicyclic) bond motifs is 1. The summed E-state index contributed by atoms with van der Waals surface area (Å²) in [5.41, 5.74) is 1.13. The third kappa shape index (κ3) is 3.84. The Labute approximate surface area is 156 Å². The van der Waals surface area contributed by atoms with Gasteiger partial charge in [-0.3, -0.25) is 9.59 Å². The number of aromatic nitrogens is 1. The average Bonchev–Trinajstić information content (AvgIpc) is 3.08. The van der Waals surface area contributed by atoms with Gasteiger partial charge in [0.05, 0.1) is 19.7 Å². The van der Waals surface area contributed by atoms with E-state index >= 15 is 0 Å². The molecule has 140 valence electrons. The molecule has 2 atom stereocenters. The molecule has 2 heterocycles. The number of methoxy groups -OCH3 is 2. The number of hydrogen-bond acceptors (Lipinski definition) is 6. The highest BCUT2D eigenvalue weighted by Gasteiger charge is 2.31. The molecule has 0 saturated carbocycles. The molecule has 0 spiro atoms.